The molecule has 7 rings (SSSR count). The van der Waals surface area contributed by atoms with E-state index >= 15 is 0 Å². The predicted octanol–water partition coefficient (Wildman–Crippen LogP) is 10.2. The van der Waals surface area contributed by atoms with Crippen LogP contribution in [0.15, 0.2) is 146 Å². The molecule has 4 heteroatoms. The van der Waals surface area contributed by atoms with E-state index in [-0.39, 0.29) is 0 Å². The molecular formula is C38H24ClN3. The van der Waals surface area contributed by atoms with Crippen molar-refractivity contribution in [2.75, 3.05) is 0 Å². The lowest BCUT2D eigenvalue weighted by Gasteiger charge is -2.15. The molecule has 0 saturated heterocycles. The van der Waals surface area contributed by atoms with Gasteiger partial charge in [0.2, 0.25) is 0 Å². The molecule has 0 fully saturated rings. The molecule has 3 nitrogen and oxygen atoms in total. The normalized spacial score (nSPS) is 11.0. The van der Waals surface area contributed by atoms with Gasteiger partial charge in [0.15, 0.2) is 0 Å². The summed E-state index contributed by atoms with van der Waals surface area (Å²) >= 11 is 6.62. The van der Waals surface area contributed by atoms with Gasteiger partial charge >= 0.3 is 0 Å². The van der Waals surface area contributed by atoms with Gasteiger partial charge in [-0.2, -0.15) is 5.26 Å². The SMILES string of the molecule is N#Cc1nc(-c2ccccc2)c2c(-c3ccccc3)n(-c3cccc(Cl)c3)c(-c3ccccc3)c2c1-c1ccccc1. The minimum absolute atomic E-state index is 0.382. The minimum atomic E-state index is 0.382. The molecule has 0 radical (unpaired) electrons. The standard InChI is InChI=1S/C38H24ClN3/c39-30-22-13-23-31(24-30)42-37(28-18-9-3-10-19-28)34-33(26-14-5-1-6-15-26)32(25-40)41-36(27-16-7-2-8-17-27)35(34)38(42)29-20-11-4-12-21-29/h1-24H. The second kappa shape index (κ2) is 10.9. The lowest BCUT2D eigenvalue weighted by molar-refractivity contribution is 1.10. The van der Waals surface area contributed by atoms with Gasteiger partial charge < -0.3 is 4.57 Å². The van der Waals surface area contributed by atoms with E-state index in [1.807, 2.05) is 91.0 Å². The lowest BCUT2D eigenvalue weighted by Crippen LogP contribution is -2.00. The molecule has 5 aromatic carbocycles. The maximum Gasteiger partial charge on any atom is 0.149 e. The third kappa shape index (κ3) is 4.36. The van der Waals surface area contributed by atoms with Gasteiger partial charge in [0.05, 0.1) is 17.1 Å². The van der Waals surface area contributed by atoms with Crippen LogP contribution in [0.1, 0.15) is 5.69 Å². The van der Waals surface area contributed by atoms with Crippen molar-refractivity contribution in [3.05, 3.63) is 156 Å². The van der Waals surface area contributed by atoms with Crippen LogP contribution in [0.4, 0.5) is 0 Å². The van der Waals surface area contributed by atoms with E-state index in [1.165, 1.54) is 0 Å². The zero-order chi connectivity index (χ0) is 28.5. The Balaban J connectivity index is 1.81. The van der Waals surface area contributed by atoms with E-state index in [2.05, 4.69) is 65.2 Å². The molecule has 0 aliphatic carbocycles. The van der Waals surface area contributed by atoms with Crippen molar-refractivity contribution in [1.29, 1.82) is 5.26 Å². The Morgan fingerprint density at radius 1 is 0.548 bits per heavy atom. The number of halogens is 1. The van der Waals surface area contributed by atoms with Gasteiger partial charge in [0.1, 0.15) is 11.8 Å². The van der Waals surface area contributed by atoms with Crippen molar-refractivity contribution in [3.63, 3.8) is 0 Å². The molecule has 0 unspecified atom stereocenters. The summed E-state index contributed by atoms with van der Waals surface area (Å²) in [5.74, 6) is 0. The monoisotopic (exact) mass is 557 g/mol. The summed E-state index contributed by atoms with van der Waals surface area (Å²) in [6, 6.07) is 51.3. The Hall–Kier alpha value is -5.43. The molecule has 0 aliphatic rings. The first-order valence-corrected chi connectivity index (χ1v) is 14.1. The first-order valence-electron chi connectivity index (χ1n) is 13.7. The van der Waals surface area contributed by atoms with Crippen molar-refractivity contribution in [2.45, 2.75) is 0 Å². The second-order valence-corrected chi connectivity index (χ2v) is 10.5. The Kier molecular flexibility index (Phi) is 6.60. The number of hydrogen-bond donors (Lipinski definition) is 0. The molecule has 0 amide bonds. The lowest BCUT2D eigenvalue weighted by atomic mass is 9.92. The van der Waals surface area contributed by atoms with Crippen LogP contribution in [0.3, 0.4) is 0 Å². The highest BCUT2D eigenvalue weighted by atomic mass is 35.5. The Labute approximate surface area is 249 Å². The Morgan fingerprint density at radius 3 is 1.57 bits per heavy atom. The molecule has 2 heterocycles. The Morgan fingerprint density at radius 2 is 1.05 bits per heavy atom. The highest BCUT2D eigenvalue weighted by molar-refractivity contribution is 6.30. The van der Waals surface area contributed by atoms with Crippen LogP contribution < -0.4 is 0 Å². The van der Waals surface area contributed by atoms with Crippen LogP contribution in [0.25, 0.3) is 61.4 Å². The van der Waals surface area contributed by atoms with Gasteiger partial charge in [-0.3, -0.25) is 0 Å². The van der Waals surface area contributed by atoms with Crippen molar-refractivity contribution >= 4 is 22.4 Å². The molecular weight excluding hydrogens is 534 g/mol. The van der Waals surface area contributed by atoms with Crippen molar-refractivity contribution in [2.24, 2.45) is 0 Å². The predicted molar refractivity (Wildman–Crippen MR) is 173 cm³/mol. The zero-order valence-corrected chi connectivity index (χ0v) is 23.3. The molecule has 0 atom stereocenters. The maximum absolute atomic E-state index is 10.6. The number of benzene rings is 5. The highest BCUT2D eigenvalue weighted by Gasteiger charge is 2.29. The second-order valence-electron chi connectivity index (χ2n) is 10.0. The van der Waals surface area contributed by atoms with Crippen LogP contribution in [0, 0.1) is 11.3 Å². The Bertz CT molecular complexity index is 2080. The van der Waals surface area contributed by atoms with Crippen molar-refractivity contribution in [1.82, 2.24) is 9.55 Å². The summed E-state index contributed by atoms with van der Waals surface area (Å²) in [6.45, 7) is 0. The van der Waals surface area contributed by atoms with E-state index in [0.29, 0.717) is 10.7 Å². The topological polar surface area (TPSA) is 41.6 Å². The van der Waals surface area contributed by atoms with Gasteiger partial charge in [0, 0.05) is 32.6 Å². The maximum atomic E-state index is 10.6. The van der Waals surface area contributed by atoms with E-state index < -0.39 is 0 Å². The quantitative estimate of drug-likeness (QED) is 0.211. The van der Waals surface area contributed by atoms with Crippen LogP contribution in [-0.2, 0) is 0 Å². The number of rotatable bonds is 5. The van der Waals surface area contributed by atoms with Crippen LogP contribution in [-0.4, -0.2) is 9.55 Å². The average molecular weight is 558 g/mol. The van der Waals surface area contributed by atoms with E-state index in [9.17, 15) is 5.26 Å². The minimum Gasteiger partial charge on any atom is -0.308 e. The number of fused-ring (bicyclic) bond motifs is 1. The molecule has 0 bridgehead atoms. The highest BCUT2D eigenvalue weighted by Crippen LogP contribution is 2.49. The summed E-state index contributed by atoms with van der Waals surface area (Å²) in [6.07, 6.45) is 0. The first kappa shape index (κ1) is 25.5. The summed E-state index contributed by atoms with van der Waals surface area (Å²) in [5.41, 5.74) is 8.78. The fourth-order valence-electron chi connectivity index (χ4n) is 5.77. The van der Waals surface area contributed by atoms with Crippen LogP contribution in [0.2, 0.25) is 5.02 Å². The molecule has 0 spiro atoms. The largest absolute Gasteiger partial charge is 0.308 e. The number of hydrogen-bond acceptors (Lipinski definition) is 2. The molecule has 198 valence electrons. The number of pyridine rings is 1. The average Bonchev–Trinajstić information content (AvgIpc) is 3.41. The molecule has 0 saturated carbocycles. The van der Waals surface area contributed by atoms with Gasteiger partial charge in [-0.25, -0.2) is 4.98 Å². The molecule has 7 aromatic rings. The summed E-state index contributed by atoms with van der Waals surface area (Å²) in [4.78, 5) is 5.11. The number of nitrogens with zero attached hydrogens (tertiary/aromatic N) is 3. The zero-order valence-electron chi connectivity index (χ0n) is 22.6. The van der Waals surface area contributed by atoms with E-state index in [4.69, 9.17) is 16.6 Å². The third-order valence-corrected chi connectivity index (χ3v) is 7.73. The van der Waals surface area contributed by atoms with Crippen molar-refractivity contribution < 1.29 is 0 Å². The van der Waals surface area contributed by atoms with Crippen molar-refractivity contribution in [3.8, 4) is 56.7 Å². The van der Waals surface area contributed by atoms with Gasteiger partial charge in [-0.1, -0.05) is 139 Å². The van der Waals surface area contributed by atoms with Crippen LogP contribution in [0.5, 0.6) is 0 Å². The van der Waals surface area contributed by atoms with Gasteiger partial charge in [-0.15, -0.1) is 0 Å². The third-order valence-electron chi connectivity index (χ3n) is 7.49. The number of aromatic nitrogens is 2. The molecule has 2 aromatic heterocycles. The summed E-state index contributed by atoms with van der Waals surface area (Å²) in [7, 11) is 0. The summed E-state index contributed by atoms with van der Waals surface area (Å²) in [5, 5.41) is 13.2. The summed E-state index contributed by atoms with van der Waals surface area (Å²) < 4.78 is 2.28. The molecule has 42 heavy (non-hydrogen) atoms. The van der Waals surface area contributed by atoms with E-state index in [1.54, 1.807) is 0 Å². The molecule has 0 N–H and O–H groups in total. The molecule has 0 aliphatic heterocycles. The number of nitriles is 1. The van der Waals surface area contributed by atoms with Gasteiger partial charge in [0.25, 0.3) is 0 Å². The van der Waals surface area contributed by atoms with E-state index in [0.717, 1.165) is 61.4 Å². The fourth-order valence-corrected chi connectivity index (χ4v) is 5.96. The first-order chi connectivity index (χ1) is 20.7. The van der Waals surface area contributed by atoms with Gasteiger partial charge in [-0.05, 0) is 34.9 Å². The van der Waals surface area contributed by atoms with Crippen LogP contribution >= 0.6 is 11.6 Å². The fraction of sp³-hybridized carbons (Fsp3) is 0. The smallest absolute Gasteiger partial charge is 0.149 e.